The van der Waals surface area contributed by atoms with Crippen molar-refractivity contribution in [3.63, 3.8) is 0 Å². The summed E-state index contributed by atoms with van der Waals surface area (Å²) >= 11 is 0. The number of nitrogens with zero attached hydrogens (tertiary/aromatic N) is 2. The van der Waals surface area contributed by atoms with E-state index in [0.29, 0.717) is 23.2 Å². The molecule has 1 heterocycles. The highest BCUT2D eigenvalue weighted by atomic mass is 32.2. The summed E-state index contributed by atoms with van der Waals surface area (Å²) in [5, 5.41) is 12.2. The number of hydrogen-bond acceptors (Lipinski definition) is 4. The first-order valence-corrected chi connectivity index (χ1v) is 10.1. The molecule has 0 aliphatic rings. The van der Waals surface area contributed by atoms with Crippen LogP contribution in [-0.4, -0.2) is 24.1 Å². The summed E-state index contributed by atoms with van der Waals surface area (Å²) in [6.45, 7) is 1.96. The van der Waals surface area contributed by atoms with E-state index in [1.807, 2.05) is 37.3 Å². The zero-order valence-electron chi connectivity index (χ0n) is 14.8. The number of sulfonamides is 1. The average Bonchev–Trinajstić information content (AvgIpc) is 3.05. The maximum Gasteiger partial charge on any atom is 0.259 e. The van der Waals surface area contributed by atoms with Crippen molar-refractivity contribution in [2.45, 2.75) is 19.1 Å². The van der Waals surface area contributed by atoms with Crippen LogP contribution >= 0.6 is 0 Å². The third-order valence-electron chi connectivity index (χ3n) is 4.00. The molecule has 3 aromatic rings. The van der Waals surface area contributed by atoms with E-state index in [0.717, 1.165) is 11.4 Å². The van der Waals surface area contributed by atoms with E-state index in [1.54, 1.807) is 28.9 Å². The fourth-order valence-corrected chi connectivity index (χ4v) is 3.51. The number of primary sulfonamides is 1. The van der Waals surface area contributed by atoms with Crippen LogP contribution in [0.25, 0.3) is 5.69 Å². The summed E-state index contributed by atoms with van der Waals surface area (Å²) in [6.07, 6.45) is 2.17. The number of carbonyl (C=O) groups is 1. The summed E-state index contributed by atoms with van der Waals surface area (Å²) in [6, 6.07) is 16.2. The van der Waals surface area contributed by atoms with Crippen molar-refractivity contribution in [3.05, 3.63) is 77.6 Å². The lowest BCUT2D eigenvalue weighted by Gasteiger charge is -2.09. The number of hydrogen-bond donors (Lipinski definition) is 2. The molecule has 3 N–H and O–H groups in total. The fourth-order valence-electron chi connectivity index (χ4n) is 2.86. The number of para-hydroxylation sites is 1. The highest BCUT2D eigenvalue weighted by Gasteiger charge is 2.17. The maximum atomic E-state index is 12.7. The lowest BCUT2D eigenvalue weighted by molar-refractivity contribution is 0.102. The molecule has 0 bridgehead atoms. The van der Waals surface area contributed by atoms with E-state index in [-0.39, 0.29) is 11.7 Å². The zero-order valence-corrected chi connectivity index (χ0v) is 15.6. The number of rotatable bonds is 6. The van der Waals surface area contributed by atoms with Gasteiger partial charge in [-0.05, 0) is 36.2 Å². The van der Waals surface area contributed by atoms with E-state index >= 15 is 0 Å². The molecule has 0 aliphatic carbocycles. The molecule has 0 aliphatic heterocycles. The van der Waals surface area contributed by atoms with Gasteiger partial charge in [0.1, 0.15) is 0 Å². The van der Waals surface area contributed by atoms with Gasteiger partial charge in [0.15, 0.2) is 0 Å². The quantitative estimate of drug-likeness (QED) is 0.681. The fraction of sp³-hybridized carbons (Fsp3) is 0.158. The second-order valence-electron chi connectivity index (χ2n) is 6.07. The largest absolute Gasteiger partial charge is 0.322 e. The molecule has 0 spiro atoms. The van der Waals surface area contributed by atoms with Gasteiger partial charge in [-0.1, -0.05) is 37.3 Å². The van der Waals surface area contributed by atoms with E-state index in [1.165, 1.54) is 6.20 Å². The van der Waals surface area contributed by atoms with E-state index in [9.17, 15) is 13.2 Å². The van der Waals surface area contributed by atoms with Crippen molar-refractivity contribution in [2.24, 2.45) is 5.14 Å². The minimum atomic E-state index is -3.64. The van der Waals surface area contributed by atoms with Crippen LogP contribution in [0.3, 0.4) is 0 Å². The molecule has 27 heavy (non-hydrogen) atoms. The second-order valence-corrected chi connectivity index (χ2v) is 7.68. The SMILES string of the molecule is CCc1c(C(=O)Nc2cccc(CS(N)(=O)=O)c2)cnn1-c1ccccc1. The van der Waals surface area contributed by atoms with Crippen LogP contribution in [0.15, 0.2) is 60.8 Å². The average molecular weight is 384 g/mol. The molecule has 7 nitrogen and oxygen atoms in total. The van der Waals surface area contributed by atoms with Crippen LogP contribution in [0.5, 0.6) is 0 Å². The monoisotopic (exact) mass is 384 g/mol. The van der Waals surface area contributed by atoms with Crippen LogP contribution in [0, 0.1) is 0 Å². The van der Waals surface area contributed by atoms with Gasteiger partial charge in [0.25, 0.3) is 5.91 Å². The van der Waals surface area contributed by atoms with E-state index in [4.69, 9.17) is 5.14 Å². The van der Waals surface area contributed by atoms with Crippen molar-refractivity contribution >= 4 is 21.6 Å². The molecule has 0 unspecified atom stereocenters. The highest BCUT2D eigenvalue weighted by molar-refractivity contribution is 7.88. The van der Waals surface area contributed by atoms with Crippen LogP contribution in [0.4, 0.5) is 5.69 Å². The number of aromatic nitrogens is 2. The second kappa shape index (κ2) is 7.73. The first-order valence-electron chi connectivity index (χ1n) is 8.40. The molecule has 0 saturated carbocycles. The first kappa shape index (κ1) is 18.8. The van der Waals surface area contributed by atoms with E-state index in [2.05, 4.69) is 10.4 Å². The number of nitrogens with two attached hydrogens (primary N) is 1. The van der Waals surface area contributed by atoms with Crippen LogP contribution < -0.4 is 10.5 Å². The Balaban J connectivity index is 1.85. The van der Waals surface area contributed by atoms with Gasteiger partial charge in [-0.25, -0.2) is 18.2 Å². The Kier molecular flexibility index (Phi) is 5.38. The van der Waals surface area contributed by atoms with Crippen LogP contribution in [0.2, 0.25) is 0 Å². The van der Waals surface area contributed by atoms with Gasteiger partial charge in [-0.3, -0.25) is 4.79 Å². The van der Waals surface area contributed by atoms with Crippen molar-refractivity contribution < 1.29 is 13.2 Å². The van der Waals surface area contributed by atoms with Gasteiger partial charge in [0, 0.05) is 5.69 Å². The molecule has 0 saturated heterocycles. The Bertz CT molecular complexity index is 1060. The van der Waals surface area contributed by atoms with E-state index < -0.39 is 10.0 Å². The first-order chi connectivity index (χ1) is 12.9. The number of nitrogens with one attached hydrogen (secondary N) is 1. The molecule has 1 amide bonds. The van der Waals surface area contributed by atoms with Crippen molar-refractivity contribution in [2.75, 3.05) is 5.32 Å². The van der Waals surface area contributed by atoms with Gasteiger partial charge in [0.05, 0.1) is 28.9 Å². The maximum absolute atomic E-state index is 12.7. The Hall–Kier alpha value is -2.97. The predicted octanol–water partition coefficient (Wildman–Crippen LogP) is 2.48. The molecule has 1 aromatic heterocycles. The summed E-state index contributed by atoms with van der Waals surface area (Å²) in [4.78, 5) is 12.7. The third kappa shape index (κ3) is 4.60. The normalized spacial score (nSPS) is 11.3. The van der Waals surface area contributed by atoms with Gasteiger partial charge in [-0.15, -0.1) is 0 Å². The Morgan fingerprint density at radius 1 is 1.15 bits per heavy atom. The molecular formula is C19H20N4O3S. The molecule has 0 radical (unpaired) electrons. The number of carbonyl (C=O) groups excluding carboxylic acids is 1. The number of amides is 1. The Labute approximate surface area is 157 Å². The van der Waals surface area contributed by atoms with Gasteiger partial charge in [0.2, 0.25) is 10.0 Å². The predicted molar refractivity (Wildman–Crippen MR) is 104 cm³/mol. The number of anilines is 1. The molecule has 140 valence electrons. The highest BCUT2D eigenvalue weighted by Crippen LogP contribution is 2.18. The topological polar surface area (TPSA) is 107 Å². The van der Waals surface area contributed by atoms with Gasteiger partial charge in [-0.2, -0.15) is 5.10 Å². The van der Waals surface area contributed by atoms with Crippen molar-refractivity contribution in [3.8, 4) is 5.69 Å². The summed E-state index contributed by atoms with van der Waals surface area (Å²) < 4.78 is 24.3. The van der Waals surface area contributed by atoms with Gasteiger partial charge < -0.3 is 5.32 Å². The third-order valence-corrected chi connectivity index (χ3v) is 4.74. The lowest BCUT2D eigenvalue weighted by atomic mass is 10.1. The Morgan fingerprint density at radius 3 is 2.56 bits per heavy atom. The van der Waals surface area contributed by atoms with Crippen molar-refractivity contribution in [1.29, 1.82) is 0 Å². The van der Waals surface area contributed by atoms with Crippen molar-refractivity contribution in [1.82, 2.24) is 9.78 Å². The summed E-state index contributed by atoms with van der Waals surface area (Å²) in [7, 11) is -3.64. The molecule has 8 heteroatoms. The molecule has 0 fully saturated rings. The zero-order chi connectivity index (χ0) is 19.4. The molecule has 0 atom stereocenters. The number of benzene rings is 2. The standard InChI is InChI=1S/C19H20N4O3S/c1-2-18-17(12-21-23(18)16-9-4-3-5-10-16)19(24)22-15-8-6-7-14(11-15)13-27(20,25)26/h3-12H,2,13H2,1H3,(H,22,24)(H2,20,25,26). The lowest BCUT2D eigenvalue weighted by Crippen LogP contribution is -2.16. The van der Waals surface area contributed by atoms with Crippen LogP contribution in [0.1, 0.15) is 28.5 Å². The van der Waals surface area contributed by atoms with Crippen LogP contribution in [-0.2, 0) is 22.2 Å². The summed E-state index contributed by atoms with van der Waals surface area (Å²) in [5.41, 5.74) is 3.14. The Morgan fingerprint density at radius 2 is 1.89 bits per heavy atom. The van der Waals surface area contributed by atoms with Gasteiger partial charge >= 0.3 is 0 Å². The molecule has 2 aromatic carbocycles. The summed E-state index contributed by atoms with van der Waals surface area (Å²) in [5.74, 6) is -0.593. The minimum Gasteiger partial charge on any atom is -0.322 e. The smallest absolute Gasteiger partial charge is 0.259 e. The minimum absolute atomic E-state index is 0.289. The molecule has 3 rings (SSSR count). The molecular weight excluding hydrogens is 364 g/mol.